The Hall–Kier alpha value is -1.26. The number of carbonyl (C=O) groups is 1. The van der Waals surface area contributed by atoms with Gasteiger partial charge in [-0.1, -0.05) is 23.7 Å². The number of hydrogen-bond donors (Lipinski definition) is 0. The van der Waals surface area contributed by atoms with Gasteiger partial charge in [0.05, 0.1) is 0 Å². The molecule has 2 rings (SSSR count). The number of ether oxygens (including phenoxy) is 1. The minimum Gasteiger partial charge on any atom is -0.444 e. The van der Waals surface area contributed by atoms with E-state index in [1.54, 1.807) is 4.90 Å². The molecule has 0 atom stereocenters. The number of hydrogen-bond acceptors (Lipinski definition) is 3. The molecule has 1 aromatic rings. The van der Waals surface area contributed by atoms with Crippen LogP contribution < -0.4 is 0 Å². The first-order valence-electron chi connectivity index (χ1n) is 7.28. The molecule has 0 N–H and O–H groups in total. The summed E-state index contributed by atoms with van der Waals surface area (Å²) in [4.78, 5) is 16.1. The zero-order chi connectivity index (χ0) is 15.5. The van der Waals surface area contributed by atoms with E-state index in [4.69, 9.17) is 16.3 Å². The Balaban J connectivity index is 1.82. The van der Waals surface area contributed by atoms with E-state index in [0.717, 1.165) is 24.7 Å². The molecule has 1 aliphatic heterocycles. The summed E-state index contributed by atoms with van der Waals surface area (Å²) in [6.45, 7) is 9.64. The topological polar surface area (TPSA) is 32.8 Å². The van der Waals surface area contributed by atoms with Gasteiger partial charge in [-0.15, -0.1) is 0 Å². The molecule has 4 nitrogen and oxygen atoms in total. The molecule has 1 saturated heterocycles. The lowest BCUT2D eigenvalue weighted by molar-refractivity contribution is 0.0139. The summed E-state index contributed by atoms with van der Waals surface area (Å²) in [5, 5.41) is 0.764. The van der Waals surface area contributed by atoms with Gasteiger partial charge in [-0.25, -0.2) is 4.79 Å². The molecule has 0 aromatic heterocycles. The summed E-state index contributed by atoms with van der Waals surface area (Å²) in [6, 6.07) is 7.91. The van der Waals surface area contributed by atoms with Crippen LogP contribution >= 0.6 is 11.6 Å². The van der Waals surface area contributed by atoms with Gasteiger partial charge in [0.15, 0.2) is 0 Å². The molecule has 0 bridgehead atoms. The molecule has 1 aliphatic rings. The van der Waals surface area contributed by atoms with E-state index in [1.807, 2.05) is 39.0 Å². The van der Waals surface area contributed by atoms with E-state index in [9.17, 15) is 4.79 Å². The molecule has 116 valence electrons. The normalized spacial score (nSPS) is 16.9. The van der Waals surface area contributed by atoms with Crippen molar-refractivity contribution in [2.24, 2.45) is 0 Å². The van der Waals surface area contributed by atoms with Crippen molar-refractivity contribution in [2.75, 3.05) is 26.2 Å². The van der Waals surface area contributed by atoms with Gasteiger partial charge in [-0.2, -0.15) is 0 Å². The molecule has 0 saturated carbocycles. The second kappa shape index (κ2) is 6.67. The van der Waals surface area contributed by atoms with Gasteiger partial charge in [0.25, 0.3) is 0 Å². The monoisotopic (exact) mass is 310 g/mol. The summed E-state index contributed by atoms with van der Waals surface area (Å²) in [5.74, 6) is 0. The highest BCUT2D eigenvalue weighted by atomic mass is 35.5. The van der Waals surface area contributed by atoms with E-state index in [2.05, 4.69) is 11.0 Å². The zero-order valence-corrected chi connectivity index (χ0v) is 13.7. The minimum absolute atomic E-state index is 0.218. The van der Waals surface area contributed by atoms with Gasteiger partial charge in [-0.05, 0) is 38.5 Å². The molecule has 5 heteroatoms. The molecule has 0 spiro atoms. The van der Waals surface area contributed by atoms with Gasteiger partial charge >= 0.3 is 6.09 Å². The fourth-order valence-corrected chi connectivity index (χ4v) is 2.52. The zero-order valence-electron chi connectivity index (χ0n) is 12.9. The van der Waals surface area contributed by atoms with Crippen molar-refractivity contribution in [2.45, 2.75) is 32.9 Å². The van der Waals surface area contributed by atoms with Crippen LogP contribution in [0.25, 0.3) is 0 Å². The predicted molar refractivity (Wildman–Crippen MR) is 84.5 cm³/mol. The number of halogens is 1. The number of carbonyl (C=O) groups excluding carboxylic acids is 1. The molecule has 1 heterocycles. The fraction of sp³-hybridized carbons (Fsp3) is 0.562. The molecule has 0 aliphatic carbocycles. The Morgan fingerprint density at radius 1 is 1.24 bits per heavy atom. The molecule has 1 fully saturated rings. The van der Waals surface area contributed by atoms with Crippen molar-refractivity contribution in [3.63, 3.8) is 0 Å². The first-order chi connectivity index (χ1) is 9.83. The van der Waals surface area contributed by atoms with Crippen molar-refractivity contribution in [3.05, 3.63) is 34.9 Å². The smallest absolute Gasteiger partial charge is 0.410 e. The Labute approximate surface area is 131 Å². The molecule has 1 amide bonds. The van der Waals surface area contributed by atoms with E-state index in [0.29, 0.717) is 13.1 Å². The van der Waals surface area contributed by atoms with Gasteiger partial charge in [0.1, 0.15) is 5.60 Å². The van der Waals surface area contributed by atoms with Gasteiger partial charge in [0.2, 0.25) is 0 Å². The number of piperazine rings is 1. The highest BCUT2D eigenvalue weighted by Crippen LogP contribution is 2.15. The summed E-state index contributed by atoms with van der Waals surface area (Å²) in [7, 11) is 0. The van der Waals surface area contributed by atoms with Crippen LogP contribution in [0.3, 0.4) is 0 Å². The second-order valence-electron chi connectivity index (χ2n) is 6.37. The van der Waals surface area contributed by atoms with Crippen molar-refractivity contribution >= 4 is 17.7 Å². The van der Waals surface area contributed by atoms with E-state index in [-0.39, 0.29) is 6.09 Å². The molecular weight excluding hydrogens is 288 g/mol. The lowest BCUT2D eigenvalue weighted by Crippen LogP contribution is -2.49. The van der Waals surface area contributed by atoms with Crippen LogP contribution in [0.4, 0.5) is 4.79 Å². The van der Waals surface area contributed by atoms with Crippen molar-refractivity contribution in [1.82, 2.24) is 9.80 Å². The summed E-state index contributed by atoms with van der Waals surface area (Å²) in [6.07, 6.45) is -0.218. The lowest BCUT2D eigenvalue weighted by atomic mass is 10.2. The maximum absolute atomic E-state index is 12.0. The number of amides is 1. The van der Waals surface area contributed by atoms with Gasteiger partial charge < -0.3 is 9.64 Å². The molecule has 1 aromatic carbocycles. The maximum Gasteiger partial charge on any atom is 0.410 e. The fourth-order valence-electron chi connectivity index (χ4n) is 2.31. The molecule has 0 radical (unpaired) electrons. The standard InChI is InChI=1S/C16H23ClN2O2/c1-16(2,3)21-15(20)19-9-7-18(8-10-19)12-13-5-4-6-14(17)11-13/h4-6,11H,7-10,12H2,1-3H3. The molecule has 21 heavy (non-hydrogen) atoms. The molecule has 0 unspecified atom stereocenters. The van der Waals surface area contributed by atoms with Crippen molar-refractivity contribution in [3.8, 4) is 0 Å². The largest absolute Gasteiger partial charge is 0.444 e. The Bertz CT molecular complexity index is 491. The average Bonchev–Trinajstić information content (AvgIpc) is 2.37. The van der Waals surface area contributed by atoms with Crippen LogP contribution in [-0.2, 0) is 11.3 Å². The third-order valence-electron chi connectivity index (χ3n) is 3.32. The first kappa shape index (κ1) is 16.1. The van der Waals surface area contributed by atoms with Crippen molar-refractivity contribution in [1.29, 1.82) is 0 Å². The third kappa shape index (κ3) is 5.21. The van der Waals surface area contributed by atoms with Gasteiger partial charge in [0, 0.05) is 37.7 Å². The highest BCUT2D eigenvalue weighted by Gasteiger charge is 2.25. The van der Waals surface area contributed by atoms with Crippen LogP contribution in [-0.4, -0.2) is 47.7 Å². The SMILES string of the molecule is CC(C)(C)OC(=O)N1CCN(Cc2cccc(Cl)c2)CC1. The summed E-state index contributed by atoms with van der Waals surface area (Å²) < 4.78 is 5.40. The highest BCUT2D eigenvalue weighted by molar-refractivity contribution is 6.30. The van der Waals surface area contributed by atoms with E-state index in [1.165, 1.54) is 5.56 Å². The van der Waals surface area contributed by atoms with Gasteiger partial charge in [-0.3, -0.25) is 4.90 Å². The summed E-state index contributed by atoms with van der Waals surface area (Å²) >= 11 is 6.00. The summed E-state index contributed by atoms with van der Waals surface area (Å²) in [5.41, 5.74) is 0.767. The number of rotatable bonds is 2. The van der Waals surface area contributed by atoms with E-state index < -0.39 is 5.60 Å². The third-order valence-corrected chi connectivity index (χ3v) is 3.55. The second-order valence-corrected chi connectivity index (χ2v) is 6.81. The maximum atomic E-state index is 12.0. The minimum atomic E-state index is -0.436. The number of nitrogens with zero attached hydrogens (tertiary/aromatic N) is 2. The quantitative estimate of drug-likeness (QED) is 0.839. The number of benzene rings is 1. The van der Waals surface area contributed by atoms with Crippen LogP contribution in [0, 0.1) is 0 Å². The first-order valence-corrected chi connectivity index (χ1v) is 7.66. The van der Waals surface area contributed by atoms with Crippen molar-refractivity contribution < 1.29 is 9.53 Å². The molecular formula is C16H23ClN2O2. The lowest BCUT2D eigenvalue weighted by Gasteiger charge is -2.35. The predicted octanol–water partition coefficient (Wildman–Crippen LogP) is 3.39. The Morgan fingerprint density at radius 3 is 2.48 bits per heavy atom. The van der Waals surface area contributed by atoms with E-state index >= 15 is 0 Å². The van der Waals surface area contributed by atoms with Crippen LogP contribution in [0.5, 0.6) is 0 Å². The Kier molecular flexibility index (Phi) is 5.12. The average molecular weight is 311 g/mol. The van der Waals surface area contributed by atoms with Crippen LogP contribution in [0.15, 0.2) is 24.3 Å². The van der Waals surface area contributed by atoms with Crippen LogP contribution in [0.1, 0.15) is 26.3 Å². The van der Waals surface area contributed by atoms with Crippen LogP contribution in [0.2, 0.25) is 5.02 Å². The Morgan fingerprint density at radius 2 is 1.90 bits per heavy atom.